The zero-order chi connectivity index (χ0) is 13.3. The smallest absolute Gasteiger partial charge is 0.419 e. The van der Waals surface area contributed by atoms with E-state index in [1.165, 1.54) is 0 Å². The molecule has 1 heterocycles. The molecular formula is C11H13F2NO3. The van der Waals surface area contributed by atoms with E-state index in [9.17, 15) is 18.4 Å². The Kier molecular flexibility index (Phi) is 3.35. The van der Waals surface area contributed by atoms with Gasteiger partial charge in [0.2, 0.25) is 0 Å². The van der Waals surface area contributed by atoms with Crippen molar-refractivity contribution in [1.29, 1.82) is 0 Å². The van der Waals surface area contributed by atoms with Crippen LogP contribution in [0.2, 0.25) is 0 Å². The summed E-state index contributed by atoms with van der Waals surface area (Å²) in [6.07, 6.45) is 1.06. The van der Waals surface area contributed by atoms with Gasteiger partial charge in [0.05, 0.1) is 5.70 Å². The number of rotatable bonds is 1. The Labute approximate surface area is 97.5 Å². The van der Waals surface area contributed by atoms with Gasteiger partial charge in [-0.25, -0.2) is 4.79 Å². The molecule has 0 unspecified atom stereocenters. The van der Waals surface area contributed by atoms with Crippen LogP contribution in [0, 0.1) is 0 Å². The van der Waals surface area contributed by atoms with Crippen LogP contribution in [-0.4, -0.2) is 28.8 Å². The van der Waals surface area contributed by atoms with Gasteiger partial charge in [0.15, 0.2) is 6.29 Å². The normalized spacial score (nSPS) is 18.6. The number of ether oxygens (including phenoxy) is 1. The maximum absolute atomic E-state index is 12.9. The fraction of sp³-hybridized carbons (Fsp3) is 0.455. The summed E-state index contributed by atoms with van der Waals surface area (Å²) >= 11 is 0. The number of hydrogen-bond donors (Lipinski definition) is 0. The Hall–Kier alpha value is -1.72. The highest BCUT2D eigenvalue weighted by molar-refractivity contribution is 5.84. The number of aldehydes is 1. The molecule has 94 valence electrons. The standard InChI is InChI=1S/C11H13F2NO3/c1-10(2,3)17-9(16)14-5-4-11(12,13)6-8(14)7-15/h4-7H,1-3H3. The third kappa shape index (κ3) is 3.65. The molecule has 1 aliphatic heterocycles. The van der Waals surface area contributed by atoms with Gasteiger partial charge in [-0.3, -0.25) is 9.69 Å². The number of halogens is 2. The van der Waals surface area contributed by atoms with Gasteiger partial charge in [0, 0.05) is 18.4 Å². The number of alkyl halides is 2. The number of carbonyl (C=O) groups excluding carboxylic acids is 2. The minimum absolute atomic E-state index is 0.182. The Morgan fingerprint density at radius 2 is 2.06 bits per heavy atom. The first-order valence-corrected chi connectivity index (χ1v) is 4.92. The van der Waals surface area contributed by atoms with Crippen molar-refractivity contribution in [2.75, 3.05) is 0 Å². The number of carbonyl (C=O) groups is 2. The third-order valence-corrected chi connectivity index (χ3v) is 1.78. The van der Waals surface area contributed by atoms with Crippen LogP contribution in [-0.2, 0) is 9.53 Å². The van der Waals surface area contributed by atoms with E-state index in [0.29, 0.717) is 12.2 Å². The fourth-order valence-electron chi connectivity index (χ4n) is 1.14. The number of hydrogen-bond acceptors (Lipinski definition) is 3. The summed E-state index contributed by atoms with van der Waals surface area (Å²) in [7, 11) is 0. The lowest BCUT2D eigenvalue weighted by Gasteiger charge is -2.27. The minimum Gasteiger partial charge on any atom is -0.443 e. The fourth-order valence-corrected chi connectivity index (χ4v) is 1.14. The van der Waals surface area contributed by atoms with Crippen LogP contribution in [0.15, 0.2) is 24.0 Å². The monoisotopic (exact) mass is 245 g/mol. The number of amides is 1. The summed E-state index contributed by atoms with van der Waals surface area (Å²) in [5.74, 6) is -3.23. The van der Waals surface area contributed by atoms with Crippen LogP contribution >= 0.6 is 0 Å². The zero-order valence-electron chi connectivity index (χ0n) is 9.74. The second-order valence-corrected chi connectivity index (χ2v) is 4.53. The van der Waals surface area contributed by atoms with Gasteiger partial charge in [0.1, 0.15) is 5.60 Å². The second kappa shape index (κ2) is 4.27. The van der Waals surface area contributed by atoms with E-state index in [1.807, 2.05) is 0 Å². The van der Waals surface area contributed by atoms with Gasteiger partial charge >= 0.3 is 6.09 Å². The Balaban J connectivity index is 2.90. The highest BCUT2D eigenvalue weighted by atomic mass is 19.3. The molecule has 1 aliphatic rings. The van der Waals surface area contributed by atoms with E-state index >= 15 is 0 Å². The van der Waals surface area contributed by atoms with Crippen molar-refractivity contribution in [3.63, 3.8) is 0 Å². The maximum atomic E-state index is 12.9. The molecule has 0 spiro atoms. The molecule has 17 heavy (non-hydrogen) atoms. The first-order chi connectivity index (χ1) is 7.64. The summed E-state index contributed by atoms with van der Waals surface area (Å²) in [6, 6.07) is 0. The van der Waals surface area contributed by atoms with E-state index in [2.05, 4.69) is 0 Å². The van der Waals surface area contributed by atoms with E-state index in [4.69, 9.17) is 4.74 Å². The van der Waals surface area contributed by atoms with Crippen molar-refractivity contribution in [3.8, 4) is 0 Å². The van der Waals surface area contributed by atoms with Gasteiger partial charge in [-0.15, -0.1) is 0 Å². The van der Waals surface area contributed by atoms with Crippen molar-refractivity contribution >= 4 is 12.4 Å². The van der Waals surface area contributed by atoms with Crippen molar-refractivity contribution < 1.29 is 23.1 Å². The molecule has 0 fully saturated rings. The van der Waals surface area contributed by atoms with Gasteiger partial charge < -0.3 is 4.74 Å². The van der Waals surface area contributed by atoms with Gasteiger partial charge in [-0.1, -0.05) is 0 Å². The highest BCUT2D eigenvalue weighted by Gasteiger charge is 2.32. The van der Waals surface area contributed by atoms with Crippen molar-refractivity contribution in [3.05, 3.63) is 24.0 Å². The number of allylic oxidation sites excluding steroid dienone is 3. The average molecular weight is 245 g/mol. The molecule has 1 amide bonds. The summed E-state index contributed by atoms with van der Waals surface area (Å²) in [5, 5.41) is 0. The summed E-state index contributed by atoms with van der Waals surface area (Å²) < 4.78 is 30.8. The molecule has 1 rings (SSSR count). The predicted octanol–water partition coefficient (Wildman–Crippen LogP) is 2.47. The first kappa shape index (κ1) is 13.3. The van der Waals surface area contributed by atoms with Crippen molar-refractivity contribution in [2.24, 2.45) is 0 Å². The summed E-state index contributed by atoms with van der Waals surface area (Å²) in [6.45, 7) is 4.91. The van der Waals surface area contributed by atoms with Crippen LogP contribution in [0.3, 0.4) is 0 Å². The van der Waals surface area contributed by atoms with Crippen LogP contribution in [0.5, 0.6) is 0 Å². The molecule has 0 bridgehead atoms. The lowest BCUT2D eigenvalue weighted by Crippen LogP contribution is -2.36. The van der Waals surface area contributed by atoms with Crippen LogP contribution in [0.1, 0.15) is 20.8 Å². The molecular weight excluding hydrogens is 232 g/mol. The largest absolute Gasteiger partial charge is 0.443 e. The van der Waals surface area contributed by atoms with Gasteiger partial charge in [0.25, 0.3) is 5.92 Å². The van der Waals surface area contributed by atoms with Crippen LogP contribution in [0.25, 0.3) is 0 Å². The summed E-state index contributed by atoms with van der Waals surface area (Å²) in [5.41, 5.74) is -1.20. The maximum Gasteiger partial charge on any atom is 0.419 e. The third-order valence-electron chi connectivity index (χ3n) is 1.78. The van der Waals surface area contributed by atoms with E-state index in [0.717, 1.165) is 11.1 Å². The van der Waals surface area contributed by atoms with Crippen LogP contribution < -0.4 is 0 Å². The SMILES string of the molecule is CC(C)(C)OC(=O)N1C=CC(F)(F)C=C1C=O. The second-order valence-electron chi connectivity index (χ2n) is 4.53. The molecule has 6 heteroatoms. The van der Waals surface area contributed by atoms with Gasteiger partial charge in [-0.2, -0.15) is 8.78 Å². The molecule has 0 atom stereocenters. The molecule has 0 saturated heterocycles. The Bertz CT molecular complexity index is 394. The van der Waals surface area contributed by atoms with Gasteiger partial charge in [-0.05, 0) is 20.8 Å². The van der Waals surface area contributed by atoms with E-state index in [1.54, 1.807) is 20.8 Å². The number of nitrogens with zero attached hydrogens (tertiary/aromatic N) is 1. The zero-order valence-corrected chi connectivity index (χ0v) is 9.74. The minimum atomic E-state index is -3.23. The topological polar surface area (TPSA) is 46.6 Å². The Morgan fingerprint density at radius 1 is 1.47 bits per heavy atom. The quantitative estimate of drug-likeness (QED) is 0.667. The summed E-state index contributed by atoms with van der Waals surface area (Å²) in [4.78, 5) is 23.0. The lowest BCUT2D eigenvalue weighted by molar-refractivity contribution is -0.106. The molecule has 0 aromatic carbocycles. The Morgan fingerprint density at radius 3 is 2.53 bits per heavy atom. The average Bonchev–Trinajstić information content (AvgIpc) is 2.13. The lowest BCUT2D eigenvalue weighted by atomic mass is 10.2. The molecule has 0 aromatic heterocycles. The van der Waals surface area contributed by atoms with E-state index in [-0.39, 0.29) is 6.29 Å². The molecule has 4 nitrogen and oxygen atoms in total. The van der Waals surface area contributed by atoms with E-state index < -0.39 is 23.3 Å². The van der Waals surface area contributed by atoms with Crippen molar-refractivity contribution in [1.82, 2.24) is 4.90 Å². The van der Waals surface area contributed by atoms with Crippen LogP contribution in [0.4, 0.5) is 13.6 Å². The highest BCUT2D eigenvalue weighted by Crippen LogP contribution is 2.26. The molecule has 0 aliphatic carbocycles. The first-order valence-electron chi connectivity index (χ1n) is 4.92. The molecule has 0 N–H and O–H groups in total. The van der Waals surface area contributed by atoms with Crippen molar-refractivity contribution in [2.45, 2.75) is 32.3 Å². The molecule has 0 aromatic rings. The molecule has 0 radical (unpaired) electrons. The predicted molar refractivity (Wildman–Crippen MR) is 56.3 cm³/mol. The molecule has 0 saturated carbocycles.